The van der Waals surface area contributed by atoms with Crippen molar-refractivity contribution in [3.05, 3.63) is 107 Å². The van der Waals surface area contributed by atoms with Gasteiger partial charge in [0.2, 0.25) is 0 Å². The van der Waals surface area contributed by atoms with Gasteiger partial charge in [0.25, 0.3) is 11.8 Å². The van der Waals surface area contributed by atoms with Crippen LogP contribution in [-0.2, 0) is 0 Å². The number of benzene rings is 3. The molecule has 2 aliphatic rings. The number of carbonyl (C=O) groups excluding carboxylic acids is 2. The van der Waals surface area contributed by atoms with E-state index in [0.717, 1.165) is 22.3 Å². The predicted molar refractivity (Wildman–Crippen MR) is 166 cm³/mol. The van der Waals surface area contributed by atoms with Gasteiger partial charge in [0.1, 0.15) is 11.6 Å². The summed E-state index contributed by atoms with van der Waals surface area (Å²) in [4.78, 5) is 37.6. The number of nitrogens with one attached hydrogen (secondary N) is 2. The van der Waals surface area contributed by atoms with E-state index in [2.05, 4.69) is 20.6 Å². The molecule has 0 saturated heterocycles. The highest BCUT2D eigenvalue weighted by molar-refractivity contribution is 6.07. The van der Waals surface area contributed by atoms with Crippen molar-refractivity contribution in [2.24, 2.45) is 32.9 Å². The first kappa shape index (κ1) is 27.8. The minimum Gasteiger partial charge on any atom is -0.383 e. The molecule has 12 heteroatoms. The molecule has 0 saturated carbocycles. The maximum Gasteiger partial charge on any atom is 0.255 e. The zero-order chi connectivity index (χ0) is 30.0. The van der Waals surface area contributed by atoms with Crippen LogP contribution in [0.5, 0.6) is 0 Å². The molecule has 0 atom stereocenters. The average Bonchev–Trinajstić information content (AvgIpc) is 2.98. The molecule has 0 bridgehead atoms. The lowest BCUT2D eigenvalue weighted by molar-refractivity contribution is 0.101. The maximum atomic E-state index is 12.8. The highest BCUT2D eigenvalue weighted by atomic mass is 16.2. The third-order valence-electron chi connectivity index (χ3n) is 7.05. The summed E-state index contributed by atoms with van der Waals surface area (Å²) in [5.74, 6) is 0.887. The highest BCUT2D eigenvalue weighted by Crippen LogP contribution is 2.25. The molecule has 12 nitrogen and oxygen atoms in total. The van der Waals surface area contributed by atoms with Crippen molar-refractivity contribution < 1.29 is 9.59 Å². The quantitative estimate of drug-likeness (QED) is 0.261. The molecule has 0 spiro atoms. The average molecular weight is 565 g/mol. The van der Waals surface area contributed by atoms with Gasteiger partial charge in [-0.15, -0.1) is 0 Å². The number of aliphatic imine (C=N–C) groups is 2. The number of nitrogens with two attached hydrogens (primary N) is 4. The van der Waals surface area contributed by atoms with Gasteiger partial charge in [0, 0.05) is 60.8 Å². The first-order valence-corrected chi connectivity index (χ1v) is 13.1. The molecule has 5 rings (SSSR count). The van der Waals surface area contributed by atoms with Gasteiger partial charge in [-0.2, -0.15) is 9.98 Å². The third kappa shape index (κ3) is 5.87. The SMILES string of the molecule is CN1CC(c2ccc(NC(=O)c3ccc(C(=O)Nc4ccc(C5=C(N)N=C(N)N(C)C5)cc4)cc3)cc2)=C(N)N=C1N. The Morgan fingerprint density at radius 2 is 0.929 bits per heavy atom. The van der Waals surface area contributed by atoms with Crippen molar-refractivity contribution in [2.45, 2.75) is 0 Å². The van der Waals surface area contributed by atoms with Crippen molar-refractivity contribution in [1.29, 1.82) is 0 Å². The first-order chi connectivity index (χ1) is 20.1. The Morgan fingerprint density at radius 3 is 1.26 bits per heavy atom. The standard InChI is InChI=1S/C30H32N10O2/c1-39-15-23(25(31)37-29(39)33)17-7-11-21(12-8-17)35-27(41)19-3-5-20(6-4-19)28(42)36-22-13-9-18(10-14-22)24-16-40(2)30(34)38-26(24)32/h3-14H,15-16,31-32H2,1-2H3,(H2,33,37)(H2,34,38)(H,35,41)(H,36,42). The Morgan fingerprint density at radius 1 is 0.595 bits per heavy atom. The van der Waals surface area contributed by atoms with Gasteiger partial charge in [-0.05, 0) is 59.7 Å². The monoisotopic (exact) mass is 564 g/mol. The number of anilines is 2. The molecule has 3 aromatic rings. The minimum absolute atomic E-state index is 0.299. The zero-order valence-electron chi connectivity index (χ0n) is 23.3. The van der Waals surface area contributed by atoms with E-state index in [1.165, 1.54) is 0 Å². The summed E-state index contributed by atoms with van der Waals surface area (Å²) in [5.41, 5.74) is 29.3. The largest absolute Gasteiger partial charge is 0.383 e. The van der Waals surface area contributed by atoms with E-state index < -0.39 is 0 Å². The Kier molecular flexibility index (Phi) is 7.52. The van der Waals surface area contributed by atoms with Crippen molar-refractivity contribution in [2.75, 3.05) is 37.8 Å². The van der Waals surface area contributed by atoms with E-state index in [-0.39, 0.29) is 11.8 Å². The molecule has 0 radical (unpaired) electrons. The normalized spacial score (nSPS) is 15.3. The first-order valence-electron chi connectivity index (χ1n) is 13.1. The van der Waals surface area contributed by atoms with Crippen LogP contribution in [0.25, 0.3) is 11.1 Å². The lowest BCUT2D eigenvalue weighted by atomic mass is 10.0. The molecule has 0 unspecified atom stereocenters. The van der Waals surface area contributed by atoms with Crippen LogP contribution >= 0.6 is 0 Å². The van der Waals surface area contributed by atoms with Gasteiger partial charge in [0.05, 0.1) is 0 Å². The number of carbonyl (C=O) groups is 2. The van der Waals surface area contributed by atoms with Crippen LogP contribution in [0.15, 0.2) is 94.4 Å². The number of likely N-dealkylation sites (N-methyl/N-ethyl adjacent to an activating group) is 2. The Labute approximate surface area is 243 Å². The van der Waals surface area contributed by atoms with Crippen LogP contribution in [-0.4, -0.2) is 60.7 Å². The summed E-state index contributed by atoms with van der Waals surface area (Å²) in [7, 11) is 3.68. The molecule has 0 fully saturated rings. The summed E-state index contributed by atoms with van der Waals surface area (Å²) in [6.07, 6.45) is 0. The molecule has 42 heavy (non-hydrogen) atoms. The fraction of sp³-hybridized carbons (Fsp3) is 0.133. The Bertz CT molecular complexity index is 1530. The fourth-order valence-corrected chi connectivity index (χ4v) is 4.52. The van der Waals surface area contributed by atoms with E-state index in [0.29, 0.717) is 59.2 Å². The van der Waals surface area contributed by atoms with Crippen LogP contribution < -0.4 is 33.6 Å². The van der Waals surface area contributed by atoms with E-state index in [1.54, 1.807) is 58.3 Å². The molecule has 0 aliphatic carbocycles. The smallest absolute Gasteiger partial charge is 0.255 e. The number of amides is 2. The number of hydrogen-bond donors (Lipinski definition) is 6. The zero-order valence-corrected chi connectivity index (χ0v) is 23.3. The summed E-state index contributed by atoms with van der Waals surface area (Å²) in [6, 6.07) is 21.1. The van der Waals surface area contributed by atoms with E-state index in [1.807, 2.05) is 38.4 Å². The topological polar surface area (TPSA) is 193 Å². The number of hydrogen-bond acceptors (Lipinski definition) is 10. The number of nitrogens with zero attached hydrogens (tertiary/aromatic N) is 4. The Hall–Kier alpha value is -5.78. The number of rotatable bonds is 6. The van der Waals surface area contributed by atoms with Crippen molar-refractivity contribution >= 4 is 46.3 Å². The van der Waals surface area contributed by atoms with Crippen molar-refractivity contribution in [3.8, 4) is 0 Å². The summed E-state index contributed by atoms with van der Waals surface area (Å²) in [6.45, 7) is 1.07. The molecule has 0 aromatic heterocycles. The van der Waals surface area contributed by atoms with Crippen LogP contribution in [0.2, 0.25) is 0 Å². The molecule has 2 heterocycles. The maximum absolute atomic E-state index is 12.8. The molecule has 10 N–H and O–H groups in total. The molecular formula is C30H32N10O2. The van der Waals surface area contributed by atoms with Gasteiger partial charge in [0.15, 0.2) is 11.9 Å². The third-order valence-corrected chi connectivity index (χ3v) is 7.05. The fourth-order valence-electron chi connectivity index (χ4n) is 4.52. The summed E-state index contributed by atoms with van der Waals surface area (Å²) in [5, 5.41) is 5.74. The molecular weight excluding hydrogens is 532 g/mol. The van der Waals surface area contributed by atoms with Crippen LogP contribution in [0.4, 0.5) is 11.4 Å². The Balaban J connectivity index is 1.19. The van der Waals surface area contributed by atoms with Crippen molar-refractivity contribution in [1.82, 2.24) is 9.80 Å². The number of guanidine groups is 2. The minimum atomic E-state index is -0.299. The van der Waals surface area contributed by atoms with E-state index in [4.69, 9.17) is 22.9 Å². The van der Waals surface area contributed by atoms with Crippen LogP contribution in [0.3, 0.4) is 0 Å². The molecule has 3 aromatic carbocycles. The second-order valence-electron chi connectivity index (χ2n) is 10.0. The van der Waals surface area contributed by atoms with Crippen molar-refractivity contribution in [3.63, 3.8) is 0 Å². The van der Waals surface area contributed by atoms with Gasteiger partial charge < -0.3 is 43.4 Å². The van der Waals surface area contributed by atoms with Crippen LogP contribution in [0.1, 0.15) is 31.8 Å². The molecule has 2 amide bonds. The van der Waals surface area contributed by atoms with Gasteiger partial charge in [-0.3, -0.25) is 9.59 Å². The highest BCUT2D eigenvalue weighted by Gasteiger charge is 2.18. The van der Waals surface area contributed by atoms with Gasteiger partial charge in [-0.25, -0.2) is 0 Å². The second-order valence-corrected chi connectivity index (χ2v) is 10.0. The van der Waals surface area contributed by atoms with E-state index in [9.17, 15) is 9.59 Å². The van der Waals surface area contributed by atoms with E-state index >= 15 is 0 Å². The predicted octanol–water partition coefficient (Wildman–Crippen LogP) is 1.97. The van der Waals surface area contributed by atoms with Gasteiger partial charge >= 0.3 is 0 Å². The second kappa shape index (κ2) is 11.4. The lowest BCUT2D eigenvalue weighted by Crippen LogP contribution is -2.38. The van der Waals surface area contributed by atoms with Crippen LogP contribution in [0, 0.1) is 0 Å². The lowest BCUT2D eigenvalue weighted by Gasteiger charge is -2.25. The summed E-state index contributed by atoms with van der Waals surface area (Å²) < 4.78 is 0. The molecule has 214 valence electrons. The summed E-state index contributed by atoms with van der Waals surface area (Å²) >= 11 is 0. The van der Waals surface area contributed by atoms with Gasteiger partial charge in [-0.1, -0.05) is 24.3 Å². The molecule has 2 aliphatic heterocycles.